The van der Waals surface area contributed by atoms with E-state index in [1.54, 1.807) is 34.1 Å². The van der Waals surface area contributed by atoms with Gasteiger partial charge in [0.05, 0.1) is 0 Å². The predicted octanol–water partition coefficient (Wildman–Crippen LogP) is 8.84. The molecule has 2 saturated carbocycles. The van der Waals surface area contributed by atoms with Gasteiger partial charge in [0.2, 0.25) is 11.6 Å². The van der Waals surface area contributed by atoms with Crippen molar-refractivity contribution in [2.45, 2.75) is 103 Å². The molecule has 0 N–H and O–H groups in total. The molecule has 2 amide bonds. The Hall–Kier alpha value is -4.34. The van der Waals surface area contributed by atoms with Crippen LogP contribution in [0.3, 0.4) is 0 Å². The quantitative estimate of drug-likeness (QED) is 0.101. The molecule has 2 aromatic rings. The number of benzene rings is 2. The zero-order valence-electron chi connectivity index (χ0n) is 29.2. The summed E-state index contributed by atoms with van der Waals surface area (Å²) in [6, 6.07) is 14.6. The number of oxime groups is 2. The lowest BCUT2D eigenvalue weighted by atomic mass is 9.84. The Morgan fingerprint density at radius 1 is 0.500 bits per heavy atom. The van der Waals surface area contributed by atoms with E-state index in [-0.39, 0.29) is 23.0 Å². The third-order valence-corrected chi connectivity index (χ3v) is 10.8. The second kappa shape index (κ2) is 17.5. The largest absolute Gasteiger partial charge is 0.435 e. The first-order valence-corrected chi connectivity index (χ1v) is 18.8. The van der Waals surface area contributed by atoms with E-state index < -0.39 is 12.2 Å². The molecule has 10 heteroatoms. The van der Waals surface area contributed by atoms with Crippen LogP contribution in [-0.2, 0) is 9.68 Å². The monoisotopic (exact) mass is 682 g/mol. The highest BCUT2D eigenvalue weighted by atomic mass is 16.7. The number of carbonyl (C=O) groups excluding carboxylic acids is 4. The molecule has 2 aliphatic heterocycles. The van der Waals surface area contributed by atoms with Gasteiger partial charge in [-0.15, -0.1) is 0 Å². The molecule has 2 saturated heterocycles. The van der Waals surface area contributed by atoms with E-state index >= 15 is 0 Å². The average molecular weight is 683 g/mol. The number of ketones is 2. The number of hydrogen-bond donors (Lipinski definition) is 0. The minimum atomic E-state index is -0.496. The lowest BCUT2D eigenvalue weighted by Gasteiger charge is -2.21. The summed E-state index contributed by atoms with van der Waals surface area (Å²) in [5.41, 5.74) is 3.33. The zero-order valence-corrected chi connectivity index (χ0v) is 29.2. The summed E-state index contributed by atoms with van der Waals surface area (Å²) >= 11 is 0. The van der Waals surface area contributed by atoms with Crippen LogP contribution in [0.2, 0.25) is 0 Å². The van der Waals surface area contributed by atoms with Crippen molar-refractivity contribution in [3.8, 4) is 11.1 Å². The molecule has 0 aromatic heterocycles. The zero-order chi connectivity index (χ0) is 34.7. The van der Waals surface area contributed by atoms with Crippen LogP contribution in [0.25, 0.3) is 11.1 Å². The van der Waals surface area contributed by atoms with Gasteiger partial charge in [-0.3, -0.25) is 19.3 Å². The molecule has 4 fully saturated rings. The summed E-state index contributed by atoms with van der Waals surface area (Å²) < 4.78 is 0. The van der Waals surface area contributed by atoms with E-state index in [0.717, 1.165) is 88.2 Å². The summed E-state index contributed by atoms with van der Waals surface area (Å²) in [7, 11) is 0. The summed E-state index contributed by atoms with van der Waals surface area (Å²) in [5, 5.41) is 8.29. The maximum atomic E-state index is 13.7. The van der Waals surface area contributed by atoms with Crippen LogP contribution in [-0.4, -0.2) is 71.2 Å². The van der Waals surface area contributed by atoms with Crippen LogP contribution >= 0.6 is 0 Å². The molecule has 2 aliphatic carbocycles. The second-order valence-corrected chi connectivity index (χ2v) is 14.4. The van der Waals surface area contributed by atoms with Gasteiger partial charge in [-0.2, -0.15) is 0 Å². The Morgan fingerprint density at radius 3 is 1.18 bits per heavy atom. The smallest absolute Gasteiger partial charge is 0.306 e. The van der Waals surface area contributed by atoms with Gasteiger partial charge in [-0.25, -0.2) is 9.59 Å². The summed E-state index contributed by atoms with van der Waals surface area (Å²) in [6.07, 6.45) is 14.9. The van der Waals surface area contributed by atoms with Crippen LogP contribution in [0.15, 0.2) is 58.8 Å². The third-order valence-electron chi connectivity index (χ3n) is 10.8. The maximum absolute atomic E-state index is 13.7. The van der Waals surface area contributed by atoms with Gasteiger partial charge < -0.3 is 9.80 Å². The van der Waals surface area contributed by atoms with Crippen molar-refractivity contribution >= 4 is 35.2 Å². The number of hydrogen-bond acceptors (Lipinski definition) is 8. The van der Waals surface area contributed by atoms with E-state index in [1.165, 1.54) is 12.8 Å². The molecule has 0 atom stereocenters. The van der Waals surface area contributed by atoms with Crippen LogP contribution in [0.1, 0.15) is 123 Å². The van der Waals surface area contributed by atoms with Gasteiger partial charge in [-0.1, -0.05) is 123 Å². The minimum absolute atomic E-state index is 0.229. The molecule has 2 aromatic carbocycles. The Labute approximate surface area is 295 Å². The van der Waals surface area contributed by atoms with Crippen LogP contribution in [0.5, 0.6) is 0 Å². The fraction of sp³-hybridized carbons (Fsp3) is 0.550. The number of carbonyl (C=O) groups is 4. The van der Waals surface area contributed by atoms with Gasteiger partial charge in [0, 0.05) is 37.3 Å². The van der Waals surface area contributed by atoms with Crippen molar-refractivity contribution in [1.29, 1.82) is 0 Å². The normalized spacial score (nSPS) is 19.4. The standard InChI is InChI=1S/C40H50N4O6/c45-37(35(27-29-11-3-1-4-12-29)41-49-39(47)43-23-7-8-24-43)33-19-15-31(16-20-33)32-17-21-34(22-18-32)38(46)36(28-30-13-5-2-6-14-30)42-50-40(48)44-25-9-10-26-44/h15-22,29-30H,1-14,23-28H2/b41-35-,42-36-. The highest BCUT2D eigenvalue weighted by molar-refractivity contribution is 6.46. The van der Waals surface area contributed by atoms with Crippen molar-refractivity contribution in [3.05, 3.63) is 59.7 Å². The fourth-order valence-corrected chi connectivity index (χ4v) is 7.74. The molecule has 0 radical (unpaired) electrons. The summed E-state index contributed by atoms with van der Waals surface area (Å²) in [4.78, 5) is 66.3. The molecule has 4 aliphatic rings. The Kier molecular flexibility index (Phi) is 12.5. The van der Waals surface area contributed by atoms with Crippen molar-refractivity contribution < 1.29 is 28.9 Å². The summed E-state index contributed by atoms with van der Waals surface area (Å²) in [5.74, 6) is 0.241. The minimum Gasteiger partial charge on any atom is -0.306 e. The fourth-order valence-electron chi connectivity index (χ4n) is 7.74. The maximum Gasteiger partial charge on any atom is 0.435 e. The molecule has 0 bridgehead atoms. The molecule has 0 unspecified atom stereocenters. The van der Waals surface area contributed by atoms with Crippen molar-refractivity contribution in [2.24, 2.45) is 22.1 Å². The first kappa shape index (κ1) is 35.5. The van der Waals surface area contributed by atoms with E-state index in [2.05, 4.69) is 10.3 Å². The van der Waals surface area contributed by atoms with Gasteiger partial charge in [-0.05, 0) is 61.5 Å². The lowest BCUT2D eigenvalue weighted by Crippen LogP contribution is -2.28. The van der Waals surface area contributed by atoms with Gasteiger partial charge in [0.1, 0.15) is 11.4 Å². The van der Waals surface area contributed by atoms with Gasteiger partial charge in [0.25, 0.3) is 0 Å². The van der Waals surface area contributed by atoms with Crippen molar-refractivity contribution in [2.75, 3.05) is 26.2 Å². The molecule has 10 nitrogen and oxygen atoms in total. The highest BCUT2D eigenvalue weighted by Crippen LogP contribution is 2.29. The number of likely N-dealkylation sites (tertiary alicyclic amines) is 2. The topological polar surface area (TPSA) is 118 Å². The molecular formula is C40H50N4O6. The molecule has 0 spiro atoms. The van der Waals surface area contributed by atoms with E-state index in [9.17, 15) is 19.2 Å². The molecule has 50 heavy (non-hydrogen) atoms. The Bertz CT molecular complexity index is 1430. The van der Waals surface area contributed by atoms with E-state index in [4.69, 9.17) is 9.68 Å². The average Bonchev–Trinajstić information content (AvgIpc) is 3.92. The predicted molar refractivity (Wildman–Crippen MR) is 192 cm³/mol. The lowest BCUT2D eigenvalue weighted by molar-refractivity contribution is 0.101. The van der Waals surface area contributed by atoms with Crippen LogP contribution < -0.4 is 0 Å². The Morgan fingerprint density at radius 2 is 0.840 bits per heavy atom. The Balaban J connectivity index is 1.13. The van der Waals surface area contributed by atoms with Gasteiger partial charge >= 0.3 is 12.2 Å². The second-order valence-electron chi connectivity index (χ2n) is 14.4. The first-order chi connectivity index (χ1) is 24.4. The third kappa shape index (κ3) is 9.46. The molecule has 2 heterocycles. The van der Waals surface area contributed by atoms with E-state index in [0.29, 0.717) is 62.0 Å². The number of rotatable bonds is 11. The first-order valence-electron chi connectivity index (χ1n) is 18.8. The number of Topliss-reactive ketones (excluding diaryl/α,β-unsaturated/α-hetero) is 2. The van der Waals surface area contributed by atoms with Crippen LogP contribution in [0.4, 0.5) is 9.59 Å². The number of nitrogens with zero attached hydrogens (tertiary/aromatic N) is 4. The summed E-state index contributed by atoms with van der Waals surface area (Å²) in [6.45, 7) is 2.61. The number of amides is 2. The van der Waals surface area contributed by atoms with Crippen molar-refractivity contribution in [1.82, 2.24) is 9.80 Å². The molecule has 266 valence electrons. The van der Waals surface area contributed by atoms with Crippen LogP contribution in [0, 0.1) is 11.8 Å². The van der Waals surface area contributed by atoms with Gasteiger partial charge in [0.15, 0.2) is 0 Å². The SMILES string of the molecule is O=C(/C(CC1CCCCC1)=N\OC(=O)N1CCCC1)c1ccc(-c2ccc(C(=O)/C(CC3CCCCC3)=N\OC(=O)N3CCCC3)cc2)cc1. The van der Waals surface area contributed by atoms with Crippen molar-refractivity contribution in [3.63, 3.8) is 0 Å². The van der Waals surface area contributed by atoms with E-state index in [1.807, 2.05) is 24.3 Å². The molecular weight excluding hydrogens is 632 g/mol. The molecule has 6 rings (SSSR count). The highest BCUT2D eigenvalue weighted by Gasteiger charge is 2.26.